The molecule has 0 saturated carbocycles. The molecular formula is C18H22N4O. The molecule has 1 fully saturated rings. The second-order valence-electron chi connectivity index (χ2n) is 6.09. The molecule has 23 heavy (non-hydrogen) atoms. The van der Waals surface area contributed by atoms with E-state index in [1.54, 1.807) is 12.4 Å². The van der Waals surface area contributed by atoms with Gasteiger partial charge < -0.3 is 10.2 Å². The second-order valence-corrected chi connectivity index (χ2v) is 6.09. The zero-order chi connectivity index (χ0) is 16.2. The van der Waals surface area contributed by atoms with Crippen molar-refractivity contribution in [3.8, 4) is 0 Å². The number of carbonyl (C=O) groups is 1. The van der Waals surface area contributed by atoms with Gasteiger partial charge >= 0.3 is 0 Å². The molecule has 1 aromatic heterocycles. The first-order valence-corrected chi connectivity index (χ1v) is 8.09. The summed E-state index contributed by atoms with van der Waals surface area (Å²) in [5.41, 5.74) is 3.46. The summed E-state index contributed by atoms with van der Waals surface area (Å²) in [7, 11) is 0. The van der Waals surface area contributed by atoms with Gasteiger partial charge in [-0.25, -0.2) is 9.97 Å². The van der Waals surface area contributed by atoms with E-state index < -0.39 is 0 Å². The average molecular weight is 310 g/mol. The molecule has 2 aromatic rings. The number of benzene rings is 1. The van der Waals surface area contributed by atoms with Gasteiger partial charge in [-0.15, -0.1) is 0 Å². The lowest BCUT2D eigenvalue weighted by Gasteiger charge is -2.26. The Morgan fingerprint density at radius 3 is 2.48 bits per heavy atom. The minimum atomic E-state index is -0.177. The fraction of sp³-hybridized carbons (Fsp3) is 0.389. The van der Waals surface area contributed by atoms with E-state index in [1.165, 1.54) is 19.3 Å². The van der Waals surface area contributed by atoms with Crippen molar-refractivity contribution < 1.29 is 4.79 Å². The van der Waals surface area contributed by atoms with Gasteiger partial charge in [0.2, 0.25) is 5.95 Å². The van der Waals surface area contributed by atoms with Crippen LogP contribution in [0.2, 0.25) is 0 Å². The summed E-state index contributed by atoms with van der Waals surface area (Å²) in [5.74, 6) is 0.539. The van der Waals surface area contributed by atoms with Crippen LogP contribution in [0.5, 0.6) is 0 Å². The summed E-state index contributed by atoms with van der Waals surface area (Å²) in [5, 5.41) is 2.93. The van der Waals surface area contributed by atoms with E-state index in [9.17, 15) is 4.79 Å². The Hall–Kier alpha value is -2.43. The van der Waals surface area contributed by atoms with E-state index in [-0.39, 0.29) is 5.91 Å². The minimum absolute atomic E-state index is 0.177. The van der Waals surface area contributed by atoms with E-state index in [4.69, 9.17) is 0 Å². The molecule has 3 rings (SSSR count). The lowest BCUT2D eigenvalue weighted by atomic mass is 10.1. The molecule has 1 amide bonds. The number of nitrogens with zero attached hydrogens (tertiary/aromatic N) is 3. The first kappa shape index (κ1) is 15.5. The maximum absolute atomic E-state index is 12.4. The smallest absolute Gasteiger partial charge is 0.258 e. The third-order valence-corrected chi connectivity index (χ3v) is 4.18. The quantitative estimate of drug-likeness (QED) is 0.944. The maximum Gasteiger partial charge on any atom is 0.258 e. The summed E-state index contributed by atoms with van der Waals surface area (Å²) in [6.45, 7) is 5.97. The van der Waals surface area contributed by atoms with Crippen molar-refractivity contribution in [2.24, 2.45) is 0 Å². The number of hydrogen-bond acceptors (Lipinski definition) is 4. The van der Waals surface area contributed by atoms with Crippen molar-refractivity contribution in [3.05, 3.63) is 47.3 Å². The Balaban J connectivity index is 1.71. The van der Waals surface area contributed by atoms with E-state index in [1.807, 2.05) is 32.0 Å². The summed E-state index contributed by atoms with van der Waals surface area (Å²) < 4.78 is 0. The predicted molar refractivity (Wildman–Crippen MR) is 92.0 cm³/mol. The number of piperidine rings is 1. The highest BCUT2D eigenvalue weighted by Gasteiger charge is 2.15. The molecule has 0 bridgehead atoms. The fourth-order valence-electron chi connectivity index (χ4n) is 2.76. The highest BCUT2D eigenvalue weighted by molar-refractivity contribution is 6.04. The van der Waals surface area contributed by atoms with Crippen LogP contribution in [0, 0.1) is 13.8 Å². The lowest BCUT2D eigenvalue weighted by Crippen LogP contribution is -2.31. The molecule has 5 nitrogen and oxygen atoms in total. The van der Waals surface area contributed by atoms with E-state index >= 15 is 0 Å². The van der Waals surface area contributed by atoms with E-state index in [0.717, 1.165) is 29.9 Å². The molecule has 0 radical (unpaired) electrons. The third-order valence-electron chi connectivity index (χ3n) is 4.18. The third kappa shape index (κ3) is 3.67. The number of anilines is 2. The first-order valence-electron chi connectivity index (χ1n) is 8.09. The van der Waals surface area contributed by atoms with E-state index in [0.29, 0.717) is 11.5 Å². The van der Waals surface area contributed by atoms with Crippen LogP contribution in [0.15, 0.2) is 30.6 Å². The monoisotopic (exact) mass is 310 g/mol. The highest BCUT2D eigenvalue weighted by Crippen LogP contribution is 2.18. The molecule has 1 N–H and O–H groups in total. The first-order chi connectivity index (χ1) is 11.1. The van der Waals surface area contributed by atoms with Crippen molar-refractivity contribution in [2.45, 2.75) is 33.1 Å². The number of carbonyl (C=O) groups excluding carboxylic acids is 1. The lowest BCUT2D eigenvalue weighted by molar-refractivity contribution is 0.102. The van der Waals surface area contributed by atoms with Gasteiger partial charge in [0.05, 0.1) is 5.56 Å². The number of aromatic nitrogens is 2. The fourth-order valence-corrected chi connectivity index (χ4v) is 2.76. The van der Waals surface area contributed by atoms with Gasteiger partial charge in [-0.05, 0) is 50.3 Å². The van der Waals surface area contributed by atoms with Crippen LogP contribution in [-0.2, 0) is 0 Å². The predicted octanol–water partition coefficient (Wildman–Crippen LogP) is 3.34. The SMILES string of the molecule is Cc1ccc(C)c(NC(=O)c2cnc(N3CCCCC3)nc2)c1. The van der Waals surface area contributed by atoms with Gasteiger partial charge in [-0.1, -0.05) is 12.1 Å². The molecule has 0 unspecified atom stereocenters. The molecule has 1 aromatic carbocycles. The molecule has 0 aliphatic carbocycles. The highest BCUT2D eigenvalue weighted by atomic mass is 16.1. The average Bonchev–Trinajstić information content (AvgIpc) is 2.59. The Labute approximate surface area is 136 Å². The molecule has 1 aliphatic heterocycles. The van der Waals surface area contributed by atoms with Gasteiger partial charge in [0.15, 0.2) is 0 Å². The van der Waals surface area contributed by atoms with Crippen LogP contribution >= 0.6 is 0 Å². The largest absolute Gasteiger partial charge is 0.341 e. The van der Waals surface area contributed by atoms with Crippen LogP contribution < -0.4 is 10.2 Å². The van der Waals surface area contributed by atoms with Crippen molar-refractivity contribution in [1.82, 2.24) is 9.97 Å². The molecule has 1 saturated heterocycles. The number of nitrogens with one attached hydrogen (secondary N) is 1. The van der Waals surface area contributed by atoms with Crippen molar-refractivity contribution in [2.75, 3.05) is 23.3 Å². The van der Waals surface area contributed by atoms with Gasteiger partial charge in [-0.2, -0.15) is 0 Å². The van der Waals surface area contributed by atoms with Gasteiger partial charge in [0, 0.05) is 31.2 Å². The Kier molecular flexibility index (Phi) is 4.55. The molecule has 120 valence electrons. The summed E-state index contributed by atoms with van der Waals surface area (Å²) >= 11 is 0. The zero-order valence-corrected chi connectivity index (χ0v) is 13.7. The molecule has 1 aliphatic rings. The van der Waals surface area contributed by atoms with Crippen LogP contribution in [0.3, 0.4) is 0 Å². The summed E-state index contributed by atoms with van der Waals surface area (Å²) in [6.07, 6.45) is 6.85. The number of rotatable bonds is 3. The minimum Gasteiger partial charge on any atom is -0.341 e. The van der Waals surface area contributed by atoms with Gasteiger partial charge in [0.1, 0.15) is 0 Å². The molecule has 0 atom stereocenters. The van der Waals surface area contributed by atoms with Crippen LogP contribution in [-0.4, -0.2) is 29.0 Å². The zero-order valence-electron chi connectivity index (χ0n) is 13.7. The van der Waals surface area contributed by atoms with Crippen molar-refractivity contribution in [3.63, 3.8) is 0 Å². The molecule has 5 heteroatoms. The molecule has 0 spiro atoms. The topological polar surface area (TPSA) is 58.1 Å². The van der Waals surface area contributed by atoms with Crippen molar-refractivity contribution >= 4 is 17.5 Å². The molecule has 2 heterocycles. The standard InChI is InChI=1S/C18H22N4O/c1-13-6-7-14(2)16(10-13)21-17(23)15-11-19-18(20-12-15)22-8-4-3-5-9-22/h6-7,10-12H,3-5,8-9H2,1-2H3,(H,21,23). The molecular weight excluding hydrogens is 288 g/mol. The second kappa shape index (κ2) is 6.77. The number of amides is 1. The number of aryl methyl sites for hydroxylation is 2. The number of hydrogen-bond donors (Lipinski definition) is 1. The van der Waals surface area contributed by atoms with Gasteiger partial charge in [0.25, 0.3) is 5.91 Å². The summed E-state index contributed by atoms with van der Waals surface area (Å²) in [6, 6.07) is 6.00. The Morgan fingerprint density at radius 2 is 1.78 bits per heavy atom. The van der Waals surface area contributed by atoms with Crippen LogP contribution in [0.4, 0.5) is 11.6 Å². The van der Waals surface area contributed by atoms with Crippen LogP contribution in [0.25, 0.3) is 0 Å². The van der Waals surface area contributed by atoms with Crippen molar-refractivity contribution in [1.29, 1.82) is 0 Å². The normalized spacial score (nSPS) is 14.6. The Bertz CT molecular complexity index is 691. The van der Waals surface area contributed by atoms with Crippen LogP contribution in [0.1, 0.15) is 40.7 Å². The maximum atomic E-state index is 12.4. The van der Waals surface area contributed by atoms with E-state index in [2.05, 4.69) is 20.2 Å². The Morgan fingerprint density at radius 1 is 1.09 bits per heavy atom. The summed E-state index contributed by atoms with van der Waals surface area (Å²) in [4.78, 5) is 23.3. The van der Waals surface area contributed by atoms with Gasteiger partial charge in [-0.3, -0.25) is 4.79 Å².